The summed E-state index contributed by atoms with van der Waals surface area (Å²) < 4.78 is 0. The van der Waals surface area contributed by atoms with Gasteiger partial charge in [-0.05, 0) is 31.2 Å². The molecule has 31 heavy (non-hydrogen) atoms. The molecule has 1 heterocycles. The van der Waals surface area contributed by atoms with Gasteiger partial charge in [0.15, 0.2) is 11.5 Å². The molecule has 9 nitrogen and oxygen atoms in total. The largest absolute Gasteiger partial charge is 0.382 e. The molecule has 3 amide bonds. The van der Waals surface area contributed by atoms with Crippen LogP contribution in [0.4, 0.5) is 5.82 Å². The number of hydrazine groups is 1. The number of carbonyl (C=O) groups is 3. The Bertz CT molecular complexity index is 1120. The van der Waals surface area contributed by atoms with Crippen LogP contribution < -0.4 is 16.6 Å². The summed E-state index contributed by atoms with van der Waals surface area (Å²) in [6, 6.07) is 13.6. The molecule has 0 spiro atoms. The highest BCUT2D eigenvalue weighted by molar-refractivity contribution is 6.00. The first-order chi connectivity index (χ1) is 14.8. The third-order valence-corrected chi connectivity index (χ3v) is 4.45. The minimum Gasteiger partial charge on any atom is -0.382 e. The number of hydrogen-bond donors (Lipinski definition) is 3. The fourth-order valence-corrected chi connectivity index (χ4v) is 2.70. The second kappa shape index (κ2) is 9.04. The maximum absolute atomic E-state index is 12.5. The average Bonchev–Trinajstić information content (AvgIpc) is 2.77. The fraction of sp³-hybridized carbons (Fsp3) is 0.136. The molecule has 9 heteroatoms. The predicted octanol–water partition coefficient (Wildman–Crippen LogP) is 1.81. The number of nitrogens with zero attached hydrogens (tertiary/aromatic N) is 3. The number of hydrogen-bond acceptors (Lipinski definition) is 6. The van der Waals surface area contributed by atoms with Gasteiger partial charge >= 0.3 is 0 Å². The summed E-state index contributed by atoms with van der Waals surface area (Å²) in [4.78, 5) is 46.5. The molecule has 0 atom stereocenters. The van der Waals surface area contributed by atoms with Crippen LogP contribution in [0.15, 0.2) is 54.7 Å². The van der Waals surface area contributed by atoms with E-state index in [1.54, 1.807) is 62.6 Å². The number of amides is 3. The monoisotopic (exact) mass is 418 g/mol. The van der Waals surface area contributed by atoms with E-state index in [2.05, 4.69) is 20.8 Å². The van der Waals surface area contributed by atoms with Crippen molar-refractivity contribution in [3.8, 4) is 11.3 Å². The van der Waals surface area contributed by atoms with E-state index >= 15 is 0 Å². The molecule has 0 aliphatic heterocycles. The first-order valence-electron chi connectivity index (χ1n) is 9.38. The van der Waals surface area contributed by atoms with Crippen molar-refractivity contribution in [1.29, 1.82) is 0 Å². The smallest absolute Gasteiger partial charge is 0.292 e. The number of aryl methyl sites for hydroxylation is 1. The fourth-order valence-electron chi connectivity index (χ4n) is 2.70. The maximum Gasteiger partial charge on any atom is 0.292 e. The lowest BCUT2D eigenvalue weighted by Gasteiger charge is -2.11. The van der Waals surface area contributed by atoms with Crippen LogP contribution in [0.5, 0.6) is 0 Å². The molecule has 0 fully saturated rings. The molecule has 0 aliphatic carbocycles. The number of aromatic nitrogens is 2. The van der Waals surface area contributed by atoms with Crippen LogP contribution in [0, 0.1) is 6.92 Å². The Hall–Kier alpha value is -4.27. The lowest BCUT2D eigenvalue weighted by Crippen LogP contribution is -2.42. The van der Waals surface area contributed by atoms with Gasteiger partial charge in [0, 0.05) is 30.8 Å². The van der Waals surface area contributed by atoms with E-state index in [-0.39, 0.29) is 17.4 Å². The Kier molecular flexibility index (Phi) is 6.25. The lowest BCUT2D eigenvalue weighted by molar-refractivity contribution is 0.0827. The number of carbonyl (C=O) groups excluding carboxylic acids is 3. The molecule has 0 unspecified atom stereocenters. The number of nitrogen functional groups attached to an aromatic ring is 1. The highest BCUT2D eigenvalue weighted by atomic mass is 16.2. The molecule has 1 aromatic heterocycles. The van der Waals surface area contributed by atoms with Crippen LogP contribution in [0.1, 0.15) is 36.8 Å². The minimum absolute atomic E-state index is 0.0785. The summed E-state index contributed by atoms with van der Waals surface area (Å²) in [5.74, 6) is -1.38. The van der Waals surface area contributed by atoms with Crippen LogP contribution in [-0.2, 0) is 0 Å². The molecule has 158 valence electrons. The van der Waals surface area contributed by atoms with Crippen LogP contribution in [0.25, 0.3) is 11.3 Å². The van der Waals surface area contributed by atoms with Crippen molar-refractivity contribution < 1.29 is 14.4 Å². The molecule has 3 aromatic rings. The van der Waals surface area contributed by atoms with Gasteiger partial charge in [-0.2, -0.15) is 0 Å². The second-order valence-corrected chi connectivity index (χ2v) is 7.04. The van der Waals surface area contributed by atoms with Crippen LogP contribution in [0.3, 0.4) is 0 Å². The van der Waals surface area contributed by atoms with Gasteiger partial charge in [0.1, 0.15) is 0 Å². The molecule has 4 N–H and O–H groups in total. The third kappa shape index (κ3) is 5.02. The zero-order valence-electron chi connectivity index (χ0n) is 17.3. The first-order valence-corrected chi connectivity index (χ1v) is 9.38. The molecule has 0 saturated heterocycles. The minimum atomic E-state index is -0.702. The summed E-state index contributed by atoms with van der Waals surface area (Å²) in [6.45, 7) is 1.91. The summed E-state index contributed by atoms with van der Waals surface area (Å²) in [7, 11) is 3.34. The van der Waals surface area contributed by atoms with Gasteiger partial charge in [0.2, 0.25) is 0 Å². The number of anilines is 1. The van der Waals surface area contributed by atoms with Gasteiger partial charge in [-0.3, -0.25) is 25.2 Å². The highest BCUT2D eigenvalue weighted by Gasteiger charge is 2.16. The number of nitrogens with one attached hydrogen (secondary N) is 2. The topological polar surface area (TPSA) is 130 Å². The standard InChI is InChI=1S/C22H22N6O3/c1-13-4-6-15(7-5-13)20(29)26-27-21(30)18-19(23)24-12-17(25-18)14-8-10-16(11-9-14)22(31)28(2)3/h4-12H,1-3H3,(H2,23,24)(H,26,29)(H,27,30). The van der Waals surface area contributed by atoms with Crippen molar-refractivity contribution in [3.05, 3.63) is 77.1 Å². The van der Waals surface area contributed by atoms with Crippen LogP contribution in [-0.4, -0.2) is 46.7 Å². The highest BCUT2D eigenvalue weighted by Crippen LogP contribution is 2.19. The zero-order chi connectivity index (χ0) is 22.5. The van der Waals surface area contributed by atoms with Gasteiger partial charge < -0.3 is 10.6 Å². The van der Waals surface area contributed by atoms with Crippen LogP contribution in [0.2, 0.25) is 0 Å². The van der Waals surface area contributed by atoms with Gasteiger partial charge in [-0.15, -0.1) is 0 Å². The Morgan fingerprint density at radius 3 is 2.06 bits per heavy atom. The third-order valence-electron chi connectivity index (χ3n) is 4.45. The van der Waals surface area contributed by atoms with Crippen molar-refractivity contribution in [3.63, 3.8) is 0 Å². The lowest BCUT2D eigenvalue weighted by atomic mass is 10.1. The van der Waals surface area contributed by atoms with Crippen molar-refractivity contribution in [2.24, 2.45) is 0 Å². The SMILES string of the molecule is Cc1ccc(C(=O)NNC(=O)c2nc(-c3ccc(C(=O)N(C)C)cc3)cnc2N)cc1. The summed E-state index contributed by atoms with van der Waals surface area (Å²) in [6.07, 6.45) is 1.43. The molecular formula is C22H22N6O3. The van der Waals surface area contributed by atoms with E-state index in [0.717, 1.165) is 5.56 Å². The summed E-state index contributed by atoms with van der Waals surface area (Å²) in [5.41, 5.74) is 13.3. The van der Waals surface area contributed by atoms with Crippen molar-refractivity contribution >= 4 is 23.5 Å². The summed E-state index contributed by atoms with van der Waals surface area (Å²) in [5, 5.41) is 0. The molecule has 0 bridgehead atoms. The molecule has 0 saturated carbocycles. The van der Waals surface area contributed by atoms with E-state index in [1.807, 2.05) is 6.92 Å². The first kappa shape index (κ1) is 21.4. The Morgan fingerprint density at radius 2 is 1.45 bits per heavy atom. The van der Waals surface area contributed by atoms with E-state index in [1.165, 1.54) is 11.1 Å². The quantitative estimate of drug-likeness (QED) is 0.554. The van der Waals surface area contributed by atoms with Gasteiger partial charge in [0.05, 0.1) is 11.9 Å². The van der Waals surface area contributed by atoms with Gasteiger partial charge in [0.25, 0.3) is 17.7 Å². The normalized spacial score (nSPS) is 10.3. The predicted molar refractivity (Wildman–Crippen MR) is 116 cm³/mol. The molecule has 0 aliphatic rings. The zero-order valence-corrected chi connectivity index (χ0v) is 17.3. The molecular weight excluding hydrogens is 396 g/mol. The molecule has 0 radical (unpaired) electrons. The molecule has 2 aromatic carbocycles. The van der Waals surface area contributed by atoms with Gasteiger partial charge in [-0.25, -0.2) is 9.97 Å². The summed E-state index contributed by atoms with van der Waals surface area (Å²) >= 11 is 0. The van der Waals surface area contributed by atoms with Crippen molar-refractivity contribution in [1.82, 2.24) is 25.7 Å². The number of benzene rings is 2. The second-order valence-electron chi connectivity index (χ2n) is 7.04. The average molecular weight is 418 g/mol. The molecule has 3 rings (SSSR count). The van der Waals surface area contributed by atoms with Crippen molar-refractivity contribution in [2.75, 3.05) is 19.8 Å². The van der Waals surface area contributed by atoms with E-state index in [0.29, 0.717) is 22.4 Å². The Labute approximate surface area is 179 Å². The van der Waals surface area contributed by atoms with E-state index in [4.69, 9.17) is 5.73 Å². The maximum atomic E-state index is 12.5. The Morgan fingerprint density at radius 1 is 0.871 bits per heavy atom. The van der Waals surface area contributed by atoms with Crippen LogP contribution >= 0.6 is 0 Å². The van der Waals surface area contributed by atoms with Crippen molar-refractivity contribution in [2.45, 2.75) is 6.92 Å². The number of nitrogens with two attached hydrogens (primary N) is 1. The Balaban J connectivity index is 1.74. The number of rotatable bonds is 4. The van der Waals surface area contributed by atoms with E-state index < -0.39 is 11.8 Å². The van der Waals surface area contributed by atoms with Gasteiger partial charge in [-0.1, -0.05) is 29.8 Å². The van der Waals surface area contributed by atoms with E-state index in [9.17, 15) is 14.4 Å².